The lowest BCUT2D eigenvalue weighted by atomic mass is 10.0. The van der Waals surface area contributed by atoms with E-state index in [9.17, 15) is 31.1 Å². The summed E-state index contributed by atoms with van der Waals surface area (Å²) in [5.74, 6) is -1.20. The summed E-state index contributed by atoms with van der Waals surface area (Å²) < 4.78 is 82.5. The Kier molecular flexibility index (Phi) is 12.6. The molecular formula is C34H44FN3O8S2. The smallest absolute Gasteiger partial charge is 0.261 e. The van der Waals surface area contributed by atoms with E-state index in [1.54, 1.807) is 31.2 Å². The van der Waals surface area contributed by atoms with Gasteiger partial charge in [-0.05, 0) is 87.7 Å². The van der Waals surface area contributed by atoms with Crippen molar-refractivity contribution in [3.63, 3.8) is 0 Å². The summed E-state index contributed by atoms with van der Waals surface area (Å²) in [4.78, 5) is 15.8. The number of hydrogen-bond donors (Lipinski definition) is 2. The number of halogens is 1. The molecule has 1 amide bonds. The number of carbonyl (C=O) groups excluding carboxylic acids is 1. The Bertz CT molecular complexity index is 1740. The Morgan fingerprint density at radius 1 is 1.00 bits per heavy atom. The highest BCUT2D eigenvalue weighted by Gasteiger charge is 2.32. The maximum atomic E-state index is 14.3. The molecule has 48 heavy (non-hydrogen) atoms. The van der Waals surface area contributed by atoms with Crippen molar-refractivity contribution in [2.75, 3.05) is 38.1 Å². The number of rotatable bonds is 9. The van der Waals surface area contributed by atoms with Crippen molar-refractivity contribution in [2.45, 2.75) is 68.1 Å². The Labute approximate surface area is 282 Å². The molecule has 3 aromatic rings. The minimum atomic E-state index is -3.98. The molecule has 3 aromatic carbocycles. The summed E-state index contributed by atoms with van der Waals surface area (Å²) in [6, 6.07) is 16.3. The molecule has 0 spiro atoms. The largest absolute Gasteiger partial charge is 0.490 e. The molecule has 14 heteroatoms. The van der Waals surface area contributed by atoms with Gasteiger partial charge in [0.15, 0.2) is 0 Å². The van der Waals surface area contributed by atoms with E-state index >= 15 is 0 Å². The third-order valence-corrected chi connectivity index (χ3v) is 11.6. The van der Waals surface area contributed by atoms with Gasteiger partial charge in [-0.1, -0.05) is 25.1 Å². The van der Waals surface area contributed by atoms with Crippen molar-refractivity contribution in [2.24, 2.45) is 5.92 Å². The van der Waals surface area contributed by atoms with E-state index in [0.29, 0.717) is 19.4 Å². The SMILES string of the molecule is C[C@H](CO)N1C[C@H](C)[C@H](CN(C)S(=O)(=O)c2ccc(F)cc2)OCCCC[C@H](C)Oc2ccc(NS(=O)(=O)c3ccccc3)cc2C1=O. The molecule has 1 aliphatic heterocycles. The van der Waals surface area contributed by atoms with Crippen LogP contribution in [0.25, 0.3) is 0 Å². The summed E-state index contributed by atoms with van der Waals surface area (Å²) in [5.41, 5.74) is 0.259. The highest BCUT2D eigenvalue weighted by Crippen LogP contribution is 2.30. The van der Waals surface area contributed by atoms with Gasteiger partial charge in [0.1, 0.15) is 11.6 Å². The Balaban J connectivity index is 1.67. The monoisotopic (exact) mass is 705 g/mol. The van der Waals surface area contributed by atoms with E-state index in [0.717, 1.165) is 22.9 Å². The molecule has 1 heterocycles. The second-order valence-electron chi connectivity index (χ2n) is 12.2. The van der Waals surface area contributed by atoms with Crippen LogP contribution < -0.4 is 9.46 Å². The molecule has 11 nitrogen and oxygen atoms in total. The molecule has 0 saturated carbocycles. The standard InChI is InChI=1S/C34H44FN3O8S2/c1-24-21-38(25(2)23-39)34(40)31-20-28(36-47(41,42)29-11-6-5-7-12-29)15-18-32(31)46-26(3)10-8-9-19-45-33(24)22-37(4)48(43,44)30-16-13-27(35)14-17-30/h5-7,11-18,20,24-26,33,36,39H,8-10,19,21-23H2,1-4H3/t24-,25+,26-,33-/m0/s1. The van der Waals surface area contributed by atoms with Crippen LogP contribution in [0.4, 0.5) is 10.1 Å². The highest BCUT2D eigenvalue weighted by atomic mass is 32.2. The van der Waals surface area contributed by atoms with Gasteiger partial charge in [-0.3, -0.25) is 9.52 Å². The third-order valence-electron chi connectivity index (χ3n) is 8.32. The van der Waals surface area contributed by atoms with Gasteiger partial charge in [-0.2, -0.15) is 4.31 Å². The number of sulfonamides is 2. The molecule has 0 aromatic heterocycles. The molecule has 0 bridgehead atoms. The van der Waals surface area contributed by atoms with Crippen LogP contribution in [0, 0.1) is 11.7 Å². The lowest BCUT2D eigenvalue weighted by Gasteiger charge is -2.35. The van der Waals surface area contributed by atoms with Gasteiger partial charge >= 0.3 is 0 Å². The number of hydrogen-bond acceptors (Lipinski definition) is 8. The van der Waals surface area contributed by atoms with E-state index in [-0.39, 0.29) is 52.6 Å². The van der Waals surface area contributed by atoms with Gasteiger partial charge in [-0.25, -0.2) is 21.2 Å². The van der Waals surface area contributed by atoms with E-state index in [2.05, 4.69) is 4.72 Å². The van der Waals surface area contributed by atoms with Crippen LogP contribution in [-0.2, 0) is 24.8 Å². The van der Waals surface area contributed by atoms with Gasteiger partial charge in [0.05, 0.1) is 40.2 Å². The van der Waals surface area contributed by atoms with Gasteiger partial charge in [-0.15, -0.1) is 0 Å². The van der Waals surface area contributed by atoms with E-state index in [1.807, 2.05) is 13.8 Å². The molecule has 4 atom stereocenters. The van der Waals surface area contributed by atoms with Gasteiger partial charge in [0, 0.05) is 38.3 Å². The zero-order valence-electron chi connectivity index (χ0n) is 27.6. The van der Waals surface area contributed by atoms with Gasteiger partial charge in [0.25, 0.3) is 15.9 Å². The van der Waals surface area contributed by atoms with Crippen LogP contribution >= 0.6 is 0 Å². The molecule has 0 aliphatic carbocycles. The predicted molar refractivity (Wildman–Crippen MR) is 180 cm³/mol. The fourth-order valence-electron chi connectivity index (χ4n) is 5.40. The van der Waals surface area contributed by atoms with E-state index in [1.165, 1.54) is 48.3 Å². The van der Waals surface area contributed by atoms with Crippen LogP contribution in [0.1, 0.15) is 50.4 Å². The number of ether oxygens (including phenoxy) is 2. The van der Waals surface area contributed by atoms with Crippen molar-refractivity contribution >= 4 is 31.6 Å². The minimum Gasteiger partial charge on any atom is -0.490 e. The minimum absolute atomic E-state index is 0.0437. The second-order valence-corrected chi connectivity index (χ2v) is 15.9. The highest BCUT2D eigenvalue weighted by molar-refractivity contribution is 7.92. The van der Waals surface area contributed by atoms with Gasteiger partial charge in [0.2, 0.25) is 10.0 Å². The second kappa shape index (κ2) is 16.2. The van der Waals surface area contributed by atoms with Gasteiger partial charge < -0.3 is 19.5 Å². The number of fused-ring (bicyclic) bond motifs is 1. The van der Waals surface area contributed by atoms with Crippen molar-refractivity contribution < 1.29 is 40.6 Å². The molecule has 0 fully saturated rings. The third kappa shape index (κ3) is 9.32. The fraction of sp³-hybridized carbons (Fsp3) is 0.441. The first-order valence-electron chi connectivity index (χ1n) is 15.9. The number of anilines is 1. The number of likely N-dealkylation sites (N-methyl/N-ethyl adjacent to an activating group) is 1. The quantitative estimate of drug-likeness (QED) is 0.325. The average molecular weight is 706 g/mol. The van der Waals surface area contributed by atoms with Crippen LogP contribution in [0.2, 0.25) is 0 Å². The topological polar surface area (TPSA) is 143 Å². The summed E-state index contributed by atoms with van der Waals surface area (Å²) in [5, 5.41) is 10.2. The maximum absolute atomic E-state index is 14.3. The first-order valence-corrected chi connectivity index (χ1v) is 18.8. The fourth-order valence-corrected chi connectivity index (χ4v) is 7.65. The molecule has 2 N–H and O–H groups in total. The van der Waals surface area contributed by atoms with Crippen molar-refractivity contribution in [1.29, 1.82) is 0 Å². The number of nitrogens with zero attached hydrogens (tertiary/aromatic N) is 2. The number of carbonyl (C=O) groups is 1. The Morgan fingerprint density at radius 3 is 2.35 bits per heavy atom. The number of benzene rings is 3. The number of nitrogens with one attached hydrogen (secondary N) is 1. The predicted octanol–water partition coefficient (Wildman–Crippen LogP) is 4.74. The number of aliphatic hydroxyl groups excluding tert-OH is 1. The lowest BCUT2D eigenvalue weighted by molar-refractivity contribution is -0.00834. The van der Waals surface area contributed by atoms with Crippen LogP contribution in [0.3, 0.4) is 0 Å². The van der Waals surface area contributed by atoms with Crippen LogP contribution in [-0.4, -0.2) is 88.7 Å². The van der Waals surface area contributed by atoms with E-state index < -0.39 is 49.8 Å². The zero-order valence-corrected chi connectivity index (χ0v) is 29.2. The molecule has 0 saturated heterocycles. The van der Waals surface area contributed by atoms with E-state index in [4.69, 9.17) is 9.47 Å². The molecule has 0 unspecified atom stereocenters. The van der Waals surface area contributed by atoms with Crippen molar-refractivity contribution in [3.05, 3.63) is 84.2 Å². The van der Waals surface area contributed by atoms with Crippen molar-refractivity contribution in [3.8, 4) is 5.75 Å². The first-order chi connectivity index (χ1) is 22.7. The first kappa shape index (κ1) is 37.3. The average Bonchev–Trinajstić information content (AvgIpc) is 3.06. The lowest BCUT2D eigenvalue weighted by Crippen LogP contribution is -2.48. The Hall–Kier alpha value is -3.56. The number of amides is 1. The van der Waals surface area contributed by atoms with Crippen LogP contribution in [0.5, 0.6) is 5.75 Å². The molecule has 1 aliphatic rings. The summed E-state index contributed by atoms with van der Waals surface area (Å²) in [6.07, 6.45) is 1.10. The van der Waals surface area contributed by atoms with Crippen LogP contribution in [0.15, 0.2) is 82.6 Å². The summed E-state index contributed by atoms with van der Waals surface area (Å²) in [7, 11) is -6.51. The molecule has 0 radical (unpaired) electrons. The Morgan fingerprint density at radius 2 is 1.69 bits per heavy atom. The molecule has 262 valence electrons. The summed E-state index contributed by atoms with van der Waals surface area (Å²) in [6.45, 7) is 5.40. The summed E-state index contributed by atoms with van der Waals surface area (Å²) >= 11 is 0. The van der Waals surface area contributed by atoms with Crippen molar-refractivity contribution in [1.82, 2.24) is 9.21 Å². The molecule has 4 rings (SSSR count). The zero-order chi connectivity index (χ0) is 35.1. The normalized spacial score (nSPS) is 20.8. The number of aliphatic hydroxyl groups is 1. The molecular weight excluding hydrogens is 662 g/mol. The maximum Gasteiger partial charge on any atom is 0.261 e.